The smallest absolute Gasteiger partial charge is 0.166 e. The highest BCUT2D eigenvalue weighted by Crippen LogP contribution is 2.19. The van der Waals surface area contributed by atoms with Crippen molar-refractivity contribution < 1.29 is 9.90 Å². The van der Waals surface area contributed by atoms with Gasteiger partial charge in [-0.3, -0.25) is 4.79 Å². The maximum atomic E-state index is 11.8. The molecule has 1 aromatic rings. The Bertz CT molecular complexity index is 319. The van der Waals surface area contributed by atoms with E-state index in [1.807, 2.05) is 18.2 Å². The van der Waals surface area contributed by atoms with Crippen LogP contribution in [0.2, 0.25) is 0 Å². The SMILES string of the molecule is CCCC(C)CC(=O)C(O)c1ccccc1. The van der Waals surface area contributed by atoms with E-state index in [0.29, 0.717) is 17.9 Å². The molecule has 2 atom stereocenters. The third-order valence-corrected chi connectivity index (χ3v) is 2.75. The molecular weight excluding hydrogens is 200 g/mol. The van der Waals surface area contributed by atoms with Crippen LogP contribution in [0.4, 0.5) is 0 Å². The van der Waals surface area contributed by atoms with Gasteiger partial charge in [0, 0.05) is 6.42 Å². The van der Waals surface area contributed by atoms with Gasteiger partial charge in [-0.25, -0.2) is 0 Å². The summed E-state index contributed by atoms with van der Waals surface area (Å²) in [5.41, 5.74) is 0.691. The third-order valence-electron chi connectivity index (χ3n) is 2.75. The molecule has 0 spiro atoms. The van der Waals surface area contributed by atoms with Crippen LogP contribution in [0, 0.1) is 5.92 Å². The number of aliphatic hydroxyl groups excluding tert-OH is 1. The molecule has 0 saturated heterocycles. The second-order valence-corrected chi connectivity index (χ2v) is 4.38. The second-order valence-electron chi connectivity index (χ2n) is 4.38. The zero-order valence-corrected chi connectivity index (χ0v) is 10.0. The lowest BCUT2D eigenvalue weighted by atomic mass is 9.95. The Kier molecular flexibility index (Phi) is 5.20. The van der Waals surface area contributed by atoms with Crippen molar-refractivity contribution in [2.75, 3.05) is 0 Å². The van der Waals surface area contributed by atoms with Gasteiger partial charge in [0.2, 0.25) is 0 Å². The molecule has 1 N–H and O–H groups in total. The number of carbonyl (C=O) groups excluding carboxylic acids is 1. The second kappa shape index (κ2) is 6.44. The van der Waals surface area contributed by atoms with E-state index in [1.165, 1.54) is 0 Å². The van der Waals surface area contributed by atoms with Gasteiger partial charge in [0.1, 0.15) is 6.10 Å². The third kappa shape index (κ3) is 3.78. The van der Waals surface area contributed by atoms with Crippen LogP contribution < -0.4 is 0 Å². The Labute approximate surface area is 97.3 Å². The maximum Gasteiger partial charge on any atom is 0.166 e. The lowest BCUT2D eigenvalue weighted by Crippen LogP contribution is -2.15. The molecule has 0 amide bonds. The number of Topliss-reactive ketones (excluding diaryl/α,β-unsaturated/α-hetero) is 1. The highest BCUT2D eigenvalue weighted by atomic mass is 16.3. The highest BCUT2D eigenvalue weighted by Gasteiger charge is 2.18. The van der Waals surface area contributed by atoms with Crippen LogP contribution in [-0.2, 0) is 4.79 Å². The van der Waals surface area contributed by atoms with E-state index >= 15 is 0 Å². The first-order valence-electron chi connectivity index (χ1n) is 5.90. The number of carbonyl (C=O) groups is 1. The van der Waals surface area contributed by atoms with Crippen molar-refractivity contribution in [2.45, 2.75) is 39.2 Å². The number of rotatable bonds is 6. The Balaban J connectivity index is 2.55. The fourth-order valence-corrected chi connectivity index (χ4v) is 1.87. The summed E-state index contributed by atoms with van der Waals surface area (Å²) in [5.74, 6) is 0.281. The van der Waals surface area contributed by atoms with Gasteiger partial charge in [0.25, 0.3) is 0 Å². The quantitative estimate of drug-likeness (QED) is 0.799. The Morgan fingerprint density at radius 3 is 2.50 bits per heavy atom. The van der Waals surface area contributed by atoms with Gasteiger partial charge in [0.15, 0.2) is 5.78 Å². The minimum atomic E-state index is -0.958. The van der Waals surface area contributed by atoms with Gasteiger partial charge in [-0.1, -0.05) is 57.0 Å². The van der Waals surface area contributed by atoms with Crippen molar-refractivity contribution in [3.63, 3.8) is 0 Å². The van der Waals surface area contributed by atoms with Crippen molar-refractivity contribution in [3.05, 3.63) is 35.9 Å². The molecular formula is C14H20O2. The van der Waals surface area contributed by atoms with E-state index < -0.39 is 6.10 Å². The molecule has 88 valence electrons. The van der Waals surface area contributed by atoms with E-state index in [2.05, 4.69) is 13.8 Å². The normalized spacial score (nSPS) is 14.4. The first kappa shape index (κ1) is 12.9. The molecule has 0 aliphatic heterocycles. The van der Waals surface area contributed by atoms with E-state index in [-0.39, 0.29) is 5.78 Å². The van der Waals surface area contributed by atoms with Crippen molar-refractivity contribution in [3.8, 4) is 0 Å². The van der Waals surface area contributed by atoms with Crippen LogP contribution in [0.15, 0.2) is 30.3 Å². The molecule has 0 aliphatic rings. The standard InChI is InChI=1S/C14H20O2/c1-3-7-11(2)10-13(15)14(16)12-8-5-4-6-9-12/h4-6,8-9,11,14,16H,3,7,10H2,1-2H3. The number of aliphatic hydroxyl groups is 1. The summed E-state index contributed by atoms with van der Waals surface area (Å²) in [6.07, 6.45) is 1.62. The lowest BCUT2D eigenvalue weighted by Gasteiger charge is -2.13. The van der Waals surface area contributed by atoms with Crippen LogP contribution in [0.3, 0.4) is 0 Å². The summed E-state index contributed by atoms with van der Waals surface area (Å²) in [6, 6.07) is 9.11. The summed E-state index contributed by atoms with van der Waals surface area (Å²) in [4.78, 5) is 11.8. The lowest BCUT2D eigenvalue weighted by molar-refractivity contribution is -0.128. The predicted octanol–water partition coefficient (Wildman–Crippen LogP) is 3.12. The zero-order valence-electron chi connectivity index (χ0n) is 10.0. The molecule has 1 aromatic carbocycles. The molecule has 0 saturated carbocycles. The van der Waals surface area contributed by atoms with Crippen molar-refractivity contribution >= 4 is 5.78 Å². The predicted molar refractivity (Wildman–Crippen MR) is 65.1 cm³/mol. The van der Waals surface area contributed by atoms with Gasteiger partial charge in [-0.15, -0.1) is 0 Å². The molecule has 2 unspecified atom stereocenters. The summed E-state index contributed by atoms with van der Waals surface area (Å²) in [5, 5.41) is 9.86. The molecule has 16 heavy (non-hydrogen) atoms. The van der Waals surface area contributed by atoms with Gasteiger partial charge in [-0.2, -0.15) is 0 Å². The largest absolute Gasteiger partial charge is 0.381 e. The molecule has 0 bridgehead atoms. The van der Waals surface area contributed by atoms with Gasteiger partial charge in [0.05, 0.1) is 0 Å². The maximum absolute atomic E-state index is 11.8. The molecule has 0 aromatic heterocycles. The average molecular weight is 220 g/mol. The van der Waals surface area contributed by atoms with E-state index in [0.717, 1.165) is 12.8 Å². The van der Waals surface area contributed by atoms with Gasteiger partial charge >= 0.3 is 0 Å². The summed E-state index contributed by atoms with van der Waals surface area (Å²) in [7, 11) is 0. The molecule has 2 nitrogen and oxygen atoms in total. The van der Waals surface area contributed by atoms with E-state index in [1.54, 1.807) is 12.1 Å². The molecule has 0 heterocycles. The zero-order chi connectivity index (χ0) is 12.0. The number of hydrogen-bond acceptors (Lipinski definition) is 2. The topological polar surface area (TPSA) is 37.3 Å². The van der Waals surface area contributed by atoms with Gasteiger partial charge < -0.3 is 5.11 Å². The Morgan fingerprint density at radius 1 is 1.31 bits per heavy atom. The van der Waals surface area contributed by atoms with Crippen LogP contribution in [0.1, 0.15) is 44.8 Å². The van der Waals surface area contributed by atoms with Crippen molar-refractivity contribution in [2.24, 2.45) is 5.92 Å². The van der Waals surface area contributed by atoms with E-state index in [4.69, 9.17) is 0 Å². The van der Waals surface area contributed by atoms with Crippen LogP contribution >= 0.6 is 0 Å². The van der Waals surface area contributed by atoms with Gasteiger partial charge in [-0.05, 0) is 11.5 Å². The fraction of sp³-hybridized carbons (Fsp3) is 0.500. The molecule has 0 fully saturated rings. The first-order valence-corrected chi connectivity index (χ1v) is 5.90. The minimum Gasteiger partial charge on any atom is -0.381 e. The van der Waals surface area contributed by atoms with E-state index in [9.17, 15) is 9.90 Å². The first-order chi connectivity index (χ1) is 7.65. The number of benzene rings is 1. The fourth-order valence-electron chi connectivity index (χ4n) is 1.87. The van der Waals surface area contributed by atoms with Crippen LogP contribution in [0.5, 0.6) is 0 Å². The molecule has 0 radical (unpaired) electrons. The Morgan fingerprint density at radius 2 is 1.94 bits per heavy atom. The summed E-state index contributed by atoms with van der Waals surface area (Å²) < 4.78 is 0. The minimum absolute atomic E-state index is 0.0767. The van der Waals surface area contributed by atoms with Crippen LogP contribution in [0.25, 0.3) is 0 Å². The Hall–Kier alpha value is -1.15. The monoisotopic (exact) mass is 220 g/mol. The molecule has 0 aliphatic carbocycles. The van der Waals surface area contributed by atoms with Crippen LogP contribution in [-0.4, -0.2) is 10.9 Å². The highest BCUT2D eigenvalue weighted by molar-refractivity contribution is 5.84. The number of hydrogen-bond donors (Lipinski definition) is 1. The summed E-state index contributed by atoms with van der Waals surface area (Å²) >= 11 is 0. The average Bonchev–Trinajstić information content (AvgIpc) is 2.29. The number of ketones is 1. The molecule has 2 heteroatoms. The summed E-state index contributed by atoms with van der Waals surface area (Å²) in [6.45, 7) is 4.16. The van der Waals surface area contributed by atoms with Crippen molar-refractivity contribution in [1.82, 2.24) is 0 Å². The molecule has 1 rings (SSSR count). The van der Waals surface area contributed by atoms with Crippen molar-refractivity contribution in [1.29, 1.82) is 0 Å².